The lowest BCUT2D eigenvalue weighted by molar-refractivity contribution is 0.199. The third kappa shape index (κ3) is 3.62. The summed E-state index contributed by atoms with van der Waals surface area (Å²) in [5, 5.41) is 6.39. The summed E-state index contributed by atoms with van der Waals surface area (Å²) in [5.74, 6) is 0. The van der Waals surface area contributed by atoms with Gasteiger partial charge in [0.25, 0.3) is 0 Å². The summed E-state index contributed by atoms with van der Waals surface area (Å²) in [6.07, 6.45) is 5.55. The van der Waals surface area contributed by atoms with E-state index in [9.17, 15) is 0 Å². The van der Waals surface area contributed by atoms with Crippen LogP contribution in [0.2, 0.25) is 0 Å². The van der Waals surface area contributed by atoms with E-state index in [2.05, 4.69) is 19.9 Å². The second-order valence-corrected chi connectivity index (χ2v) is 4.59. The highest BCUT2D eigenvalue weighted by Crippen LogP contribution is 2.08. The van der Waals surface area contributed by atoms with Crippen LogP contribution >= 0.6 is 11.3 Å². The summed E-state index contributed by atoms with van der Waals surface area (Å²) in [7, 11) is 1.70. The van der Waals surface area contributed by atoms with Crippen molar-refractivity contribution in [3.8, 4) is 0 Å². The molecule has 0 saturated carbocycles. The average molecular weight is 252 g/mol. The fourth-order valence-electron chi connectivity index (χ4n) is 1.51. The lowest BCUT2D eigenvalue weighted by Crippen LogP contribution is -2.20. The van der Waals surface area contributed by atoms with E-state index in [4.69, 9.17) is 4.74 Å². The van der Waals surface area contributed by atoms with Crippen LogP contribution < -0.4 is 5.32 Å². The molecule has 2 aromatic rings. The molecule has 17 heavy (non-hydrogen) atoms. The van der Waals surface area contributed by atoms with Gasteiger partial charge in [-0.15, -0.1) is 11.3 Å². The van der Waals surface area contributed by atoms with Crippen molar-refractivity contribution in [2.45, 2.75) is 13.1 Å². The number of nitrogens with one attached hydrogen (secondary N) is 1. The molecule has 5 nitrogen and oxygen atoms in total. The molecule has 92 valence electrons. The Morgan fingerprint density at radius 3 is 3.24 bits per heavy atom. The molecule has 0 bridgehead atoms. The molecular weight excluding hydrogens is 236 g/mol. The van der Waals surface area contributed by atoms with Crippen molar-refractivity contribution in [1.29, 1.82) is 0 Å². The van der Waals surface area contributed by atoms with Gasteiger partial charge in [-0.1, -0.05) is 0 Å². The minimum Gasteiger partial charge on any atom is -0.383 e. The summed E-state index contributed by atoms with van der Waals surface area (Å²) in [6.45, 7) is 3.16. The largest absolute Gasteiger partial charge is 0.383 e. The second-order valence-electron chi connectivity index (χ2n) is 3.61. The van der Waals surface area contributed by atoms with Crippen molar-refractivity contribution in [3.05, 3.63) is 34.8 Å². The molecule has 2 aromatic heterocycles. The second kappa shape index (κ2) is 6.48. The van der Waals surface area contributed by atoms with Crippen LogP contribution in [0.4, 0.5) is 0 Å². The summed E-state index contributed by atoms with van der Waals surface area (Å²) < 4.78 is 7.09. The average Bonchev–Trinajstić information content (AvgIpc) is 2.97. The van der Waals surface area contributed by atoms with Crippen LogP contribution in [0, 0.1) is 0 Å². The van der Waals surface area contributed by atoms with Gasteiger partial charge in [0, 0.05) is 38.0 Å². The molecule has 0 spiro atoms. The minimum atomic E-state index is 0.723. The van der Waals surface area contributed by atoms with Crippen molar-refractivity contribution in [3.63, 3.8) is 0 Å². The fourth-order valence-corrected chi connectivity index (χ4v) is 2.12. The Morgan fingerprint density at radius 1 is 1.53 bits per heavy atom. The number of rotatable bonds is 7. The normalized spacial score (nSPS) is 10.9. The Hall–Kier alpha value is -1.24. The number of thiazole rings is 1. The molecule has 6 heteroatoms. The van der Waals surface area contributed by atoms with Gasteiger partial charge in [-0.25, -0.2) is 9.97 Å². The number of nitrogens with zero attached hydrogens (tertiary/aromatic N) is 3. The highest BCUT2D eigenvalue weighted by molar-refractivity contribution is 7.09. The first-order valence-corrected chi connectivity index (χ1v) is 6.35. The van der Waals surface area contributed by atoms with Crippen molar-refractivity contribution >= 4 is 11.3 Å². The summed E-state index contributed by atoms with van der Waals surface area (Å²) in [5.41, 5.74) is 1.16. The van der Waals surface area contributed by atoms with Gasteiger partial charge in [0.1, 0.15) is 5.01 Å². The monoisotopic (exact) mass is 252 g/mol. The van der Waals surface area contributed by atoms with Gasteiger partial charge in [-0.05, 0) is 0 Å². The van der Waals surface area contributed by atoms with E-state index < -0.39 is 0 Å². The highest BCUT2D eigenvalue weighted by Gasteiger charge is 2.03. The Labute approximate surface area is 104 Å². The third-order valence-electron chi connectivity index (χ3n) is 2.38. The van der Waals surface area contributed by atoms with E-state index in [0.29, 0.717) is 0 Å². The molecule has 2 heterocycles. The summed E-state index contributed by atoms with van der Waals surface area (Å²) >= 11 is 1.66. The van der Waals surface area contributed by atoms with Crippen LogP contribution in [-0.2, 0) is 17.8 Å². The molecule has 0 amide bonds. The van der Waals surface area contributed by atoms with Crippen molar-refractivity contribution in [2.75, 3.05) is 20.3 Å². The summed E-state index contributed by atoms with van der Waals surface area (Å²) in [4.78, 5) is 8.44. The highest BCUT2D eigenvalue weighted by atomic mass is 32.1. The standard InChI is InChI=1S/C11H16N4OS/c1-16-4-2-12-6-10-7-13-9-15(10)8-11-14-3-5-17-11/h3,5,7,9,12H,2,4,6,8H2,1H3. The number of hydrogen-bond acceptors (Lipinski definition) is 5. The SMILES string of the molecule is COCCNCc1cncn1Cc1nccs1. The van der Waals surface area contributed by atoms with E-state index in [-0.39, 0.29) is 0 Å². The Balaban J connectivity index is 1.88. The van der Waals surface area contributed by atoms with Crippen LogP contribution in [0.1, 0.15) is 10.7 Å². The Morgan fingerprint density at radius 2 is 2.47 bits per heavy atom. The van der Waals surface area contributed by atoms with Crippen LogP contribution in [-0.4, -0.2) is 34.8 Å². The molecule has 1 N–H and O–H groups in total. The maximum Gasteiger partial charge on any atom is 0.112 e. The van der Waals surface area contributed by atoms with E-state index >= 15 is 0 Å². The molecular formula is C11H16N4OS. The molecule has 2 rings (SSSR count). The quantitative estimate of drug-likeness (QED) is 0.750. The van der Waals surface area contributed by atoms with Gasteiger partial charge in [-0.3, -0.25) is 0 Å². The van der Waals surface area contributed by atoms with E-state index in [1.165, 1.54) is 0 Å². The van der Waals surface area contributed by atoms with Crippen LogP contribution in [0.5, 0.6) is 0 Å². The minimum absolute atomic E-state index is 0.723. The van der Waals surface area contributed by atoms with Gasteiger partial charge in [0.2, 0.25) is 0 Å². The number of ether oxygens (including phenoxy) is 1. The Kier molecular flexibility index (Phi) is 4.66. The first kappa shape index (κ1) is 12.2. The third-order valence-corrected chi connectivity index (χ3v) is 3.14. The lowest BCUT2D eigenvalue weighted by Gasteiger charge is -2.07. The first-order valence-electron chi connectivity index (χ1n) is 5.47. The number of methoxy groups -OCH3 is 1. The van der Waals surface area contributed by atoms with Crippen molar-refractivity contribution in [1.82, 2.24) is 19.9 Å². The number of aromatic nitrogens is 3. The zero-order chi connectivity index (χ0) is 11.9. The topological polar surface area (TPSA) is 52.0 Å². The van der Waals surface area contributed by atoms with Crippen LogP contribution in [0.25, 0.3) is 0 Å². The molecule has 0 radical (unpaired) electrons. The number of imidazole rings is 1. The predicted octanol–water partition coefficient (Wildman–Crippen LogP) is 1.12. The van der Waals surface area contributed by atoms with Gasteiger partial charge >= 0.3 is 0 Å². The predicted molar refractivity (Wildman–Crippen MR) is 67.0 cm³/mol. The van der Waals surface area contributed by atoms with E-state index in [1.54, 1.807) is 18.4 Å². The molecule has 0 aliphatic carbocycles. The van der Waals surface area contributed by atoms with Gasteiger partial charge in [-0.2, -0.15) is 0 Å². The maximum absolute atomic E-state index is 4.98. The maximum atomic E-state index is 4.98. The smallest absolute Gasteiger partial charge is 0.112 e. The molecule has 0 fully saturated rings. The van der Waals surface area contributed by atoms with E-state index in [0.717, 1.165) is 36.9 Å². The Bertz CT molecular complexity index is 426. The van der Waals surface area contributed by atoms with Crippen LogP contribution in [0.15, 0.2) is 24.1 Å². The van der Waals surface area contributed by atoms with Crippen molar-refractivity contribution < 1.29 is 4.74 Å². The molecule has 0 saturated heterocycles. The molecule has 0 atom stereocenters. The van der Waals surface area contributed by atoms with Crippen LogP contribution in [0.3, 0.4) is 0 Å². The molecule has 0 aromatic carbocycles. The first-order chi connectivity index (χ1) is 8.40. The van der Waals surface area contributed by atoms with Crippen molar-refractivity contribution in [2.24, 2.45) is 0 Å². The zero-order valence-electron chi connectivity index (χ0n) is 9.80. The molecule has 0 unspecified atom stereocenters. The van der Waals surface area contributed by atoms with E-state index in [1.807, 2.05) is 24.1 Å². The summed E-state index contributed by atoms with van der Waals surface area (Å²) in [6, 6.07) is 0. The molecule has 0 aliphatic rings. The van der Waals surface area contributed by atoms with Gasteiger partial charge in [0.15, 0.2) is 0 Å². The van der Waals surface area contributed by atoms with Gasteiger partial charge < -0.3 is 14.6 Å². The fraction of sp³-hybridized carbons (Fsp3) is 0.455. The zero-order valence-corrected chi connectivity index (χ0v) is 10.6. The lowest BCUT2D eigenvalue weighted by atomic mass is 10.4. The number of hydrogen-bond donors (Lipinski definition) is 1. The van der Waals surface area contributed by atoms with Gasteiger partial charge in [0.05, 0.1) is 25.2 Å². The molecule has 0 aliphatic heterocycles.